The molecule has 0 saturated carbocycles. The van der Waals surface area contributed by atoms with Crippen molar-refractivity contribution in [2.45, 2.75) is 20.3 Å². The van der Waals surface area contributed by atoms with Gasteiger partial charge in [-0.25, -0.2) is 4.98 Å². The Morgan fingerprint density at radius 3 is 2.64 bits per heavy atom. The Bertz CT molecular complexity index is 915. The molecule has 0 radical (unpaired) electrons. The summed E-state index contributed by atoms with van der Waals surface area (Å²) >= 11 is 0. The van der Waals surface area contributed by atoms with E-state index < -0.39 is 0 Å². The minimum Gasteiger partial charge on any atom is -0.352 e. The number of hydrogen-bond acceptors (Lipinski definition) is 4. The minimum atomic E-state index is -0.285. The van der Waals surface area contributed by atoms with Gasteiger partial charge in [-0.1, -0.05) is 24.6 Å². The normalized spacial score (nSPS) is 10.6. The number of aryl methyl sites for hydroxylation is 1. The van der Waals surface area contributed by atoms with Crippen LogP contribution in [0.25, 0.3) is 11.0 Å². The summed E-state index contributed by atoms with van der Waals surface area (Å²) in [4.78, 5) is 35.7. The topological polar surface area (TPSA) is 99.8 Å². The molecular formula is C18H19N5O2. The summed E-state index contributed by atoms with van der Waals surface area (Å²) in [5, 5.41) is 6.09. The highest BCUT2D eigenvalue weighted by Gasteiger charge is 2.14. The molecule has 25 heavy (non-hydrogen) atoms. The van der Waals surface area contributed by atoms with Gasteiger partial charge in [0.15, 0.2) is 0 Å². The SMILES string of the molecule is CCCNC(=O)c1c[nH]c2nc(NC(=O)c3ccc(C)cc3)ncc12. The van der Waals surface area contributed by atoms with Gasteiger partial charge in [0.2, 0.25) is 5.95 Å². The lowest BCUT2D eigenvalue weighted by Crippen LogP contribution is -2.23. The third kappa shape index (κ3) is 3.65. The highest BCUT2D eigenvalue weighted by molar-refractivity contribution is 6.06. The second-order valence-corrected chi connectivity index (χ2v) is 5.73. The zero-order valence-corrected chi connectivity index (χ0v) is 14.1. The average molecular weight is 337 g/mol. The fourth-order valence-electron chi connectivity index (χ4n) is 2.37. The number of hydrogen-bond donors (Lipinski definition) is 3. The van der Waals surface area contributed by atoms with E-state index in [4.69, 9.17) is 0 Å². The number of nitrogens with zero attached hydrogens (tertiary/aromatic N) is 2. The molecule has 0 aliphatic rings. The second-order valence-electron chi connectivity index (χ2n) is 5.73. The average Bonchev–Trinajstić information content (AvgIpc) is 3.03. The third-order valence-electron chi connectivity index (χ3n) is 3.75. The number of anilines is 1. The molecular weight excluding hydrogens is 318 g/mol. The number of nitrogens with one attached hydrogen (secondary N) is 3. The molecule has 0 fully saturated rings. The lowest BCUT2D eigenvalue weighted by Gasteiger charge is -2.04. The van der Waals surface area contributed by atoms with E-state index >= 15 is 0 Å². The minimum absolute atomic E-state index is 0.173. The number of carbonyl (C=O) groups is 2. The van der Waals surface area contributed by atoms with Crippen LogP contribution < -0.4 is 10.6 Å². The van der Waals surface area contributed by atoms with Gasteiger partial charge in [0.05, 0.1) is 5.56 Å². The Balaban J connectivity index is 1.79. The fourth-order valence-corrected chi connectivity index (χ4v) is 2.37. The van der Waals surface area contributed by atoms with Gasteiger partial charge in [-0.2, -0.15) is 4.98 Å². The molecule has 0 spiro atoms. The Kier molecular flexibility index (Phi) is 4.74. The van der Waals surface area contributed by atoms with E-state index in [9.17, 15) is 9.59 Å². The zero-order chi connectivity index (χ0) is 17.8. The molecule has 3 aromatic rings. The molecule has 0 bridgehead atoms. The van der Waals surface area contributed by atoms with Crippen LogP contribution in [0.4, 0.5) is 5.95 Å². The highest BCUT2D eigenvalue weighted by Crippen LogP contribution is 2.17. The number of fused-ring (bicyclic) bond motifs is 1. The van der Waals surface area contributed by atoms with Crippen molar-refractivity contribution in [3.8, 4) is 0 Å². The summed E-state index contributed by atoms with van der Waals surface area (Å²) in [7, 11) is 0. The van der Waals surface area contributed by atoms with Gasteiger partial charge in [0, 0.05) is 29.9 Å². The van der Waals surface area contributed by atoms with Gasteiger partial charge in [0.1, 0.15) is 5.65 Å². The Morgan fingerprint density at radius 1 is 1.16 bits per heavy atom. The first-order valence-electron chi connectivity index (χ1n) is 8.09. The molecule has 0 atom stereocenters. The summed E-state index contributed by atoms with van der Waals surface area (Å²) in [5.41, 5.74) is 2.59. The van der Waals surface area contributed by atoms with Gasteiger partial charge in [-0.15, -0.1) is 0 Å². The van der Waals surface area contributed by atoms with Crippen LogP contribution in [0.2, 0.25) is 0 Å². The van der Waals surface area contributed by atoms with Gasteiger partial charge in [0.25, 0.3) is 11.8 Å². The predicted molar refractivity (Wildman–Crippen MR) is 95.6 cm³/mol. The van der Waals surface area contributed by atoms with Crippen LogP contribution in [-0.2, 0) is 0 Å². The first-order valence-corrected chi connectivity index (χ1v) is 8.09. The van der Waals surface area contributed by atoms with E-state index in [0.717, 1.165) is 12.0 Å². The molecule has 2 amide bonds. The van der Waals surface area contributed by atoms with Crippen molar-refractivity contribution < 1.29 is 9.59 Å². The molecule has 0 unspecified atom stereocenters. The third-order valence-corrected chi connectivity index (χ3v) is 3.75. The molecule has 2 heterocycles. The number of carbonyl (C=O) groups excluding carboxylic acids is 2. The fraction of sp³-hybridized carbons (Fsp3) is 0.222. The van der Waals surface area contributed by atoms with Crippen molar-refractivity contribution in [2.24, 2.45) is 0 Å². The number of H-pyrrole nitrogens is 1. The predicted octanol–water partition coefficient (Wildman–Crippen LogP) is 2.66. The molecule has 1 aromatic carbocycles. The van der Waals surface area contributed by atoms with Crippen molar-refractivity contribution in [3.05, 3.63) is 53.3 Å². The Labute approximate surface area is 144 Å². The largest absolute Gasteiger partial charge is 0.352 e. The molecule has 0 aliphatic carbocycles. The van der Waals surface area contributed by atoms with Gasteiger partial charge in [-0.3, -0.25) is 14.9 Å². The van der Waals surface area contributed by atoms with Crippen molar-refractivity contribution in [3.63, 3.8) is 0 Å². The summed E-state index contributed by atoms with van der Waals surface area (Å²) in [6, 6.07) is 7.22. The van der Waals surface area contributed by atoms with E-state index in [1.54, 1.807) is 18.3 Å². The molecule has 7 nitrogen and oxygen atoms in total. The summed E-state index contributed by atoms with van der Waals surface area (Å²) in [6.07, 6.45) is 3.99. The Morgan fingerprint density at radius 2 is 1.92 bits per heavy atom. The Hall–Kier alpha value is -3.22. The van der Waals surface area contributed by atoms with E-state index in [2.05, 4.69) is 25.6 Å². The van der Waals surface area contributed by atoms with Crippen LogP contribution in [0, 0.1) is 6.92 Å². The maximum atomic E-state index is 12.2. The quantitative estimate of drug-likeness (QED) is 0.666. The molecule has 2 aromatic heterocycles. The standard InChI is InChI=1S/C18H19N5O2/c1-3-8-19-17(25)14-10-20-15-13(14)9-21-18(22-15)23-16(24)12-6-4-11(2)5-7-12/h4-7,9-10H,3,8H2,1-2H3,(H,19,25)(H2,20,21,22,23,24). The van der Waals surface area contributed by atoms with Gasteiger partial charge in [-0.05, 0) is 25.5 Å². The number of amides is 2. The van der Waals surface area contributed by atoms with Crippen LogP contribution >= 0.6 is 0 Å². The molecule has 0 aliphatic heterocycles. The summed E-state index contributed by atoms with van der Waals surface area (Å²) in [5.74, 6) is -0.277. The number of benzene rings is 1. The lowest BCUT2D eigenvalue weighted by atomic mass is 10.1. The maximum Gasteiger partial charge on any atom is 0.258 e. The zero-order valence-electron chi connectivity index (χ0n) is 14.1. The first-order chi connectivity index (χ1) is 12.1. The number of aromatic amines is 1. The monoisotopic (exact) mass is 337 g/mol. The van der Waals surface area contributed by atoms with Gasteiger partial charge < -0.3 is 10.3 Å². The molecule has 3 N–H and O–H groups in total. The smallest absolute Gasteiger partial charge is 0.258 e. The second kappa shape index (κ2) is 7.12. The van der Waals surface area contributed by atoms with Crippen molar-refractivity contribution >= 4 is 28.8 Å². The molecule has 7 heteroatoms. The molecule has 0 saturated heterocycles. The van der Waals surface area contributed by atoms with Crippen LogP contribution in [0.3, 0.4) is 0 Å². The number of rotatable bonds is 5. The lowest BCUT2D eigenvalue weighted by molar-refractivity contribution is 0.0954. The van der Waals surface area contributed by atoms with Crippen molar-refractivity contribution in [1.29, 1.82) is 0 Å². The van der Waals surface area contributed by atoms with Crippen molar-refractivity contribution in [1.82, 2.24) is 20.3 Å². The highest BCUT2D eigenvalue weighted by atomic mass is 16.2. The van der Waals surface area contributed by atoms with E-state index in [-0.39, 0.29) is 17.8 Å². The van der Waals surface area contributed by atoms with E-state index in [1.165, 1.54) is 6.20 Å². The number of aromatic nitrogens is 3. The van der Waals surface area contributed by atoms with Crippen LogP contribution in [0.5, 0.6) is 0 Å². The maximum absolute atomic E-state index is 12.2. The van der Waals surface area contributed by atoms with Gasteiger partial charge >= 0.3 is 0 Å². The van der Waals surface area contributed by atoms with E-state index in [0.29, 0.717) is 28.7 Å². The van der Waals surface area contributed by atoms with Crippen molar-refractivity contribution in [2.75, 3.05) is 11.9 Å². The van der Waals surface area contributed by atoms with Crippen LogP contribution in [0.1, 0.15) is 39.6 Å². The summed E-state index contributed by atoms with van der Waals surface area (Å²) < 4.78 is 0. The molecule has 128 valence electrons. The summed E-state index contributed by atoms with van der Waals surface area (Å²) in [6.45, 7) is 4.55. The van der Waals surface area contributed by atoms with E-state index in [1.807, 2.05) is 26.0 Å². The van der Waals surface area contributed by atoms with Crippen LogP contribution in [-0.4, -0.2) is 33.3 Å². The first kappa shape index (κ1) is 16.6. The van der Waals surface area contributed by atoms with Crippen LogP contribution in [0.15, 0.2) is 36.7 Å². The molecule has 3 rings (SSSR count).